The predicted octanol–water partition coefficient (Wildman–Crippen LogP) is 4.83. The number of hydrogen-bond donors (Lipinski definition) is 3. The molecule has 12 heteroatoms. The van der Waals surface area contributed by atoms with Gasteiger partial charge in [0.15, 0.2) is 5.60 Å². The SMILES string of the molecule is C[C@@H]1[C@@H]([Si](C)(C)F)[C@H](CC(=O)N2CCC[C@H]2CO)O[C@@]12C(=O)N(Cc1cccc(NC(=O)[C@H]3CCCN3)c1)c1ccc(Br)cc12. The Hall–Kier alpha value is -2.64. The van der Waals surface area contributed by atoms with E-state index in [2.05, 4.69) is 26.6 Å². The quantitative estimate of drug-likeness (QED) is 0.269. The lowest BCUT2D eigenvalue weighted by atomic mass is 9.82. The molecule has 6 rings (SSSR count). The molecule has 4 aliphatic rings. The summed E-state index contributed by atoms with van der Waals surface area (Å²) in [5, 5.41) is 16.0. The van der Waals surface area contributed by atoms with Crippen molar-refractivity contribution in [1.29, 1.82) is 0 Å². The molecule has 1 spiro atoms. The van der Waals surface area contributed by atoms with Crippen LogP contribution in [-0.2, 0) is 31.3 Å². The fourth-order valence-corrected chi connectivity index (χ4v) is 10.9. The number of ether oxygens (including phenoxy) is 1. The second-order valence-corrected chi connectivity index (χ2v) is 18.1. The number of rotatable bonds is 8. The second-order valence-electron chi connectivity index (χ2n) is 13.4. The van der Waals surface area contributed by atoms with Crippen LogP contribution in [0.1, 0.15) is 50.2 Å². The van der Waals surface area contributed by atoms with Crippen LogP contribution in [0.2, 0.25) is 18.6 Å². The normalized spacial score (nSPS) is 29.6. The van der Waals surface area contributed by atoms with Crippen LogP contribution in [0.15, 0.2) is 46.9 Å². The summed E-state index contributed by atoms with van der Waals surface area (Å²) in [5.41, 5.74) is 0.773. The summed E-state index contributed by atoms with van der Waals surface area (Å²) < 4.78 is 23.7. The molecule has 3 saturated heterocycles. The molecule has 2 aromatic carbocycles. The molecule has 3 fully saturated rings. The van der Waals surface area contributed by atoms with Crippen LogP contribution < -0.4 is 15.5 Å². The number of hydrogen-bond acceptors (Lipinski definition) is 6. The van der Waals surface area contributed by atoms with Crippen molar-refractivity contribution in [2.24, 2.45) is 5.92 Å². The van der Waals surface area contributed by atoms with Crippen LogP contribution in [-0.4, -0.2) is 74.0 Å². The van der Waals surface area contributed by atoms with E-state index in [1.165, 1.54) is 0 Å². The van der Waals surface area contributed by atoms with E-state index in [9.17, 15) is 19.5 Å². The lowest BCUT2D eigenvalue weighted by Crippen LogP contribution is -2.45. The average molecular weight is 702 g/mol. The molecule has 6 atom stereocenters. The molecule has 242 valence electrons. The molecule has 4 heterocycles. The second kappa shape index (κ2) is 12.5. The van der Waals surface area contributed by atoms with E-state index < -0.39 is 31.6 Å². The van der Waals surface area contributed by atoms with Gasteiger partial charge in [0, 0.05) is 33.7 Å². The van der Waals surface area contributed by atoms with Crippen LogP contribution in [0.4, 0.5) is 15.5 Å². The zero-order valence-corrected chi connectivity index (χ0v) is 28.6. The molecule has 0 radical (unpaired) electrons. The van der Waals surface area contributed by atoms with Gasteiger partial charge in [0.05, 0.1) is 43.4 Å². The highest BCUT2D eigenvalue weighted by atomic mass is 79.9. The topological polar surface area (TPSA) is 111 Å². The predicted molar refractivity (Wildman–Crippen MR) is 176 cm³/mol. The molecule has 0 unspecified atom stereocenters. The molecule has 0 saturated carbocycles. The molecular formula is C33H42BrFN4O5Si. The number of aliphatic hydroxyl groups excluding tert-OH is 1. The first-order valence-corrected chi connectivity index (χ1v) is 19.7. The number of likely N-dealkylation sites (tertiary alicyclic amines) is 1. The molecule has 0 aliphatic carbocycles. The summed E-state index contributed by atoms with van der Waals surface area (Å²) in [7, 11) is -3.44. The summed E-state index contributed by atoms with van der Waals surface area (Å²) in [5.74, 6) is -1.05. The van der Waals surface area contributed by atoms with Gasteiger partial charge in [0.25, 0.3) is 5.91 Å². The van der Waals surface area contributed by atoms with E-state index in [-0.39, 0.29) is 49.4 Å². The lowest BCUT2D eigenvalue weighted by molar-refractivity contribution is -0.150. The van der Waals surface area contributed by atoms with Gasteiger partial charge in [-0.05, 0) is 81.2 Å². The Morgan fingerprint density at radius 2 is 2.00 bits per heavy atom. The fourth-order valence-electron chi connectivity index (χ4n) is 8.09. The molecule has 4 aliphatic heterocycles. The van der Waals surface area contributed by atoms with Crippen LogP contribution in [0.5, 0.6) is 0 Å². The van der Waals surface area contributed by atoms with Gasteiger partial charge < -0.3 is 34.4 Å². The van der Waals surface area contributed by atoms with Crippen molar-refractivity contribution < 1.29 is 28.3 Å². The lowest BCUT2D eigenvalue weighted by Gasteiger charge is -2.31. The number of amides is 3. The van der Waals surface area contributed by atoms with Gasteiger partial charge >= 0.3 is 0 Å². The summed E-state index contributed by atoms with van der Waals surface area (Å²) in [6.07, 6.45) is 2.49. The zero-order chi connectivity index (χ0) is 32.1. The minimum absolute atomic E-state index is 0.0399. The summed E-state index contributed by atoms with van der Waals surface area (Å²) in [6, 6.07) is 12.6. The Morgan fingerprint density at radius 3 is 2.71 bits per heavy atom. The smallest absolute Gasteiger partial charge is 0.264 e. The molecule has 45 heavy (non-hydrogen) atoms. The number of fused-ring (bicyclic) bond motifs is 2. The van der Waals surface area contributed by atoms with E-state index >= 15 is 4.11 Å². The molecule has 0 bridgehead atoms. The highest BCUT2D eigenvalue weighted by Gasteiger charge is 2.67. The zero-order valence-electron chi connectivity index (χ0n) is 26.0. The number of carbonyl (C=O) groups excluding carboxylic acids is 3. The minimum Gasteiger partial charge on any atom is -0.394 e. The number of nitrogens with zero attached hydrogens (tertiary/aromatic N) is 2. The Bertz CT molecular complexity index is 1480. The first-order chi connectivity index (χ1) is 21.4. The molecule has 2 aromatic rings. The van der Waals surface area contributed by atoms with Crippen molar-refractivity contribution in [2.75, 3.05) is 29.9 Å². The number of aliphatic hydroxyl groups is 1. The van der Waals surface area contributed by atoms with E-state index in [0.29, 0.717) is 23.5 Å². The number of anilines is 2. The van der Waals surface area contributed by atoms with Crippen LogP contribution in [0.3, 0.4) is 0 Å². The Labute approximate surface area is 273 Å². The third kappa shape index (κ3) is 5.88. The largest absolute Gasteiger partial charge is 0.394 e. The maximum absolute atomic E-state index is 16.2. The molecule has 3 amide bonds. The van der Waals surface area contributed by atoms with Gasteiger partial charge in [-0.25, -0.2) is 0 Å². The number of nitrogens with one attached hydrogen (secondary N) is 2. The highest BCUT2D eigenvalue weighted by Crippen LogP contribution is 2.60. The van der Waals surface area contributed by atoms with Gasteiger partial charge in [-0.1, -0.05) is 35.0 Å². The monoisotopic (exact) mass is 700 g/mol. The van der Waals surface area contributed by atoms with Crippen molar-refractivity contribution in [3.05, 3.63) is 58.1 Å². The van der Waals surface area contributed by atoms with Crippen molar-refractivity contribution in [3.63, 3.8) is 0 Å². The number of benzene rings is 2. The number of halogens is 2. The molecule has 3 N–H and O–H groups in total. The van der Waals surface area contributed by atoms with Gasteiger partial charge in [-0.15, -0.1) is 0 Å². The maximum atomic E-state index is 16.2. The van der Waals surface area contributed by atoms with Gasteiger partial charge in [0.2, 0.25) is 20.2 Å². The Morgan fingerprint density at radius 1 is 1.20 bits per heavy atom. The summed E-state index contributed by atoms with van der Waals surface area (Å²) in [6.45, 7) is 6.63. The van der Waals surface area contributed by atoms with Crippen LogP contribution in [0.25, 0.3) is 0 Å². The van der Waals surface area contributed by atoms with Crippen molar-refractivity contribution in [3.8, 4) is 0 Å². The van der Waals surface area contributed by atoms with Crippen molar-refractivity contribution >= 4 is 53.4 Å². The first-order valence-electron chi connectivity index (χ1n) is 16.0. The first kappa shape index (κ1) is 32.3. The number of carbonyl (C=O) groups is 3. The third-order valence-electron chi connectivity index (χ3n) is 10.1. The van der Waals surface area contributed by atoms with Gasteiger partial charge in [-0.3, -0.25) is 14.4 Å². The van der Waals surface area contributed by atoms with E-state index in [0.717, 1.165) is 42.3 Å². The van der Waals surface area contributed by atoms with E-state index in [4.69, 9.17) is 4.74 Å². The molecular weight excluding hydrogens is 659 g/mol. The Kier molecular flexibility index (Phi) is 8.99. The molecule has 9 nitrogen and oxygen atoms in total. The Balaban J connectivity index is 1.31. The summed E-state index contributed by atoms with van der Waals surface area (Å²) >= 11 is 3.57. The van der Waals surface area contributed by atoms with Crippen LogP contribution >= 0.6 is 15.9 Å². The standard InChI is InChI=1S/C33H42BrFN4O5Si/c1-20-30(45(2,3)35)28(17-29(41)38-14-6-9-24(38)19-40)44-33(20)25-16-22(34)11-12-27(25)39(32(33)43)18-21-7-4-8-23(15-21)37-31(42)26-10-5-13-36-26/h4,7-8,11-12,15-16,20,24,26,28,30,36,40H,5-6,9-10,13-14,17-19H2,1-3H3,(H,37,42)/t20-,24+,26-,28+,30-,33+/m1/s1. The third-order valence-corrected chi connectivity index (χ3v) is 13.1. The van der Waals surface area contributed by atoms with Crippen molar-refractivity contribution in [2.45, 2.75) is 88.0 Å². The van der Waals surface area contributed by atoms with Crippen LogP contribution in [0, 0.1) is 5.92 Å². The molecule has 0 aromatic heterocycles. The maximum Gasteiger partial charge on any atom is 0.264 e. The van der Waals surface area contributed by atoms with E-state index in [1.807, 2.05) is 49.4 Å². The van der Waals surface area contributed by atoms with Gasteiger partial charge in [0.1, 0.15) is 0 Å². The van der Waals surface area contributed by atoms with Gasteiger partial charge in [-0.2, -0.15) is 0 Å². The van der Waals surface area contributed by atoms with E-state index in [1.54, 1.807) is 22.9 Å². The fraction of sp³-hybridized carbons (Fsp3) is 0.545. The van der Waals surface area contributed by atoms with Crippen molar-refractivity contribution in [1.82, 2.24) is 10.2 Å². The summed E-state index contributed by atoms with van der Waals surface area (Å²) in [4.78, 5) is 44.3. The highest BCUT2D eigenvalue weighted by molar-refractivity contribution is 9.10. The minimum atomic E-state index is -3.44. The average Bonchev–Trinajstić information content (AvgIpc) is 3.78.